The molecule has 1 amide bonds. The van der Waals surface area contributed by atoms with Crippen molar-refractivity contribution in [3.63, 3.8) is 0 Å². The molecule has 2 aliphatic rings. The van der Waals surface area contributed by atoms with Crippen LogP contribution in [0.15, 0.2) is 24.3 Å². The molecule has 2 fully saturated rings. The molecule has 2 heterocycles. The van der Waals surface area contributed by atoms with Crippen LogP contribution in [0, 0.1) is 17.7 Å². The van der Waals surface area contributed by atoms with Gasteiger partial charge in [0.15, 0.2) is 0 Å². The van der Waals surface area contributed by atoms with Gasteiger partial charge in [-0.1, -0.05) is 19.1 Å². The predicted octanol–water partition coefficient (Wildman–Crippen LogP) is 2.09. The second kappa shape index (κ2) is 9.56. The first kappa shape index (κ1) is 21.2. The first-order valence-corrected chi connectivity index (χ1v) is 8.12. The lowest BCUT2D eigenvalue weighted by atomic mass is 9.84. The van der Waals surface area contributed by atoms with Gasteiger partial charge in [-0.15, -0.1) is 24.8 Å². The zero-order valence-corrected chi connectivity index (χ0v) is 15.4. The van der Waals surface area contributed by atoms with Gasteiger partial charge in [-0.2, -0.15) is 0 Å². The monoisotopic (exact) mass is 377 g/mol. The molecule has 0 aliphatic carbocycles. The highest BCUT2D eigenvalue weighted by molar-refractivity contribution is 5.85. The van der Waals surface area contributed by atoms with Crippen LogP contribution in [0.1, 0.15) is 24.8 Å². The Labute approximate surface area is 155 Å². The lowest BCUT2D eigenvalue weighted by Crippen LogP contribution is -2.54. The summed E-state index contributed by atoms with van der Waals surface area (Å²) in [5.41, 5.74) is 1.10. The van der Waals surface area contributed by atoms with Gasteiger partial charge in [0.2, 0.25) is 5.91 Å². The van der Waals surface area contributed by atoms with Gasteiger partial charge in [0.1, 0.15) is 5.82 Å². The highest BCUT2D eigenvalue weighted by Crippen LogP contribution is 2.26. The molecule has 0 radical (unpaired) electrons. The minimum absolute atomic E-state index is 0. The SMILES string of the molecule is CC(C(=O)NC1CNCCC1c1ccc(F)cc1)C1CNC1.Cl.Cl. The quantitative estimate of drug-likeness (QED) is 0.752. The van der Waals surface area contributed by atoms with E-state index >= 15 is 0 Å². The molecule has 2 aliphatic heterocycles. The lowest BCUT2D eigenvalue weighted by molar-refractivity contribution is -0.127. The van der Waals surface area contributed by atoms with Crippen molar-refractivity contribution in [1.29, 1.82) is 0 Å². The number of carbonyl (C=O) groups is 1. The van der Waals surface area contributed by atoms with Gasteiger partial charge < -0.3 is 16.0 Å². The van der Waals surface area contributed by atoms with Crippen LogP contribution < -0.4 is 16.0 Å². The number of carbonyl (C=O) groups excluding carboxylic acids is 1. The van der Waals surface area contributed by atoms with Crippen molar-refractivity contribution in [3.05, 3.63) is 35.6 Å². The van der Waals surface area contributed by atoms with Crippen LogP contribution in [0.5, 0.6) is 0 Å². The Morgan fingerprint density at radius 1 is 1.17 bits per heavy atom. The summed E-state index contributed by atoms with van der Waals surface area (Å²) in [7, 11) is 0. The van der Waals surface area contributed by atoms with E-state index in [-0.39, 0.29) is 54.4 Å². The molecule has 7 heteroatoms. The summed E-state index contributed by atoms with van der Waals surface area (Å²) in [5.74, 6) is 0.645. The van der Waals surface area contributed by atoms with Crippen molar-refractivity contribution in [2.75, 3.05) is 26.2 Å². The van der Waals surface area contributed by atoms with Crippen LogP contribution in [0.4, 0.5) is 4.39 Å². The van der Waals surface area contributed by atoms with E-state index in [1.54, 1.807) is 0 Å². The summed E-state index contributed by atoms with van der Waals surface area (Å²) in [5, 5.41) is 9.77. The van der Waals surface area contributed by atoms with E-state index in [1.165, 1.54) is 12.1 Å². The molecule has 1 aromatic carbocycles. The van der Waals surface area contributed by atoms with Crippen molar-refractivity contribution in [2.24, 2.45) is 11.8 Å². The van der Waals surface area contributed by atoms with E-state index in [2.05, 4.69) is 16.0 Å². The summed E-state index contributed by atoms with van der Waals surface area (Å²) in [6, 6.07) is 6.74. The maximum atomic E-state index is 13.1. The molecule has 136 valence electrons. The average Bonchev–Trinajstić information content (AvgIpc) is 2.47. The molecule has 0 bridgehead atoms. The molecular weight excluding hydrogens is 352 g/mol. The minimum atomic E-state index is -0.218. The molecule has 3 unspecified atom stereocenters. The fourth-order valence-corrected chi connectivity index (χ4v) is 3.31. The van der Waals surface area contributed by atoms with E-state index in [0.717, 1.165) is 38.2 Å². The zero-order valence-electron chi connectivity index (χ0n) is 13.8. The van der Waals surface area contributed by atoms with Crippen molar-refractivity contribution in [3.8, 4) is 0 Å². The molecule has 24 heavy (non-hydrogen) atoms. The predicted molar refractivity (Wildman–Crippen MR) is 98.6 cm³/mol. The number of hydrogen-bond acceptors (Lipinski definition) is 3. The van der Waals surface area contributed by atoms with E-state index in [1.807, 2.05) is 19.1 Å². The lowest BCUT2D eigenvalue weighted by Gasteiger charge is -2.36. The molecule has 1 aromatic rings. The van der Waals surface area contributed by atoms with Crippen molar-refractivity contribution >= 4 is 30.7 Å². The second-order valence-corrected chi connectivity index (χ2v) is 6.47. The standard InChI is InChI=1S/C17H24FN3O.2ClH/c1-11(13-8-20-9-13)17(22)21-16-10-19-7-6-15(16)12-2-4-14(18)5-3-12;;/h2-5,11,13,15-16,19-20H,6-10H2,1H3,(H,21,22);2*1H. The largest absolute Gasteiger partial charge is 0.351 e. The van der Waals surface area contributed by atoms with Gasteiger partial charge in [-0.05, 0) is 49.7 Å². The van der Waals surface area contributed by atoms with Gasteiger partial charge in [-0.25, -0.2) is 4.39 Å². The molecule has 3 atom stereocenters. The molecule has 3 rings (SSSR count). The van der Waals surface area contributed by atoms with Crippen LogP contribution in [0.2, 0.25) is 0 Å². The van der Waals surface area contributed by atoms with Gasteiger partial charge in [-0.3, -0.25) is 4.79 Å². The summed E-state index contributed by atoms with van der Waals surface area (Å²) >= 11 is 0. The van der Waals surface area contributed by atoms with Crippen LogP contribution in [-0.4, -0.2) is 38.1 Å². The Morgan fingerprint density at radius 3 is 2.42 bits per heavy atom. The smallest absolute Gasteiger partial charge is 0.223 e. The molecule has 2 saturated heterocycles. The van der Waals surface area contributed by atoms with E-state index in [4.69, 9.17) is 0 Å². The molecule has 4 nitrogen and oxygen atoms in total. The average molecular weight is 378 g/mol. The number of halogens is 3. The van der Waals surface area contributed by atoms with Gasteiger partial charge in [0, 0.05) is 24.4 Å². The number of hydrogen-bond donors (Lipinski definition) is 3. The molecular formula is C17H26Cl2FN3O. The number of rotatable bonds is 4. The number of piperidine rings is 1. The fourth-order valence-electron chi connectivity index (χ4n) is 3.31. The van der Waals surface area contributed by atoms with Crippen molar-refractivity contribution in [1.82, 2.24) is 16.0 Å². The van der Waals surface area contributed by atoms with E-state index in [0.29, 0.717) is 5.92 Å². The number of nitrogens with one attached hydrogen (secondary N) is 3. The summed E-state index contributed by atoms with van der Waals surface area (Å²) in [6.45, 7) is 5.56. The van der Waals surface area contributed by atoms with Crippen LogP contribution in [0.25, 0.3) is 0 Å². The second-order valence-electron chi connectivity index (χ2n) is 6.47. The molecule has 0 saturated carbocycles. The van der Waals surface area contributed by atoms with Crippen LogP contribution in [-0.2, 0) is 4.79 Å². The maximum Gasteiger partial charge on any atom is 0.223 e. The third-order valence-corrected chi connectivity index (χ3v) is 5.04. The summed E-state index contributed by atoms with van der Waals surface area (Å²) in [6.07, 6.45) is 0.954. The third-order valence-electron chi connectivity index (χ3n) is 5.04. The van der Waals surface area contributed by atoms with E-state index in [9.17, 15) is 9.18 Å². The Hall–Kier alpha value is -0.880. The first-order valence-electron chi connectivity index (χ1n) is 8.12. The molecule has 0 spiro atoms. The van der Waals surface area contributed by atoms with Crippen LogP contribution in [0.3, 0.4) is 0 Å². The number of benzene rings is 1. The zero-order chi connectivity index (χ0) is 15.5. The van der Waals surface area contributed by atoms with Crippen molar-refractivity contribution in [2.45, 2.75) is 25.3 Å². The normalized spacial score (nSPS) is 24.8. The Bertz CT molecular complexity index is 525. The molecule has 3 N–H and O–H groups in total. The summed E-state index contributed by atoms with van der Waals surface area (Å²) < 4.78 is 13.1. The fraction of sp³-hybridized carbons (Fsp3) is 0.588. The van der Waals surface area contributed by atoms with Gasteiger partial charge >= 0.3 is 0 Å². The number of amides is 1. The van der Waals surface area contributed by atoms with E-state index < -0.39 is 0 Å². The van der Waals surface area contributed by atoms with Gasteiger partial charge in [0.05, 0.1) is 0 Å². The first-order chi connectivity index (χ1) is 10.6. The van der Waals surface area contributed by atoms with Crippen molar-refractivity contribution < 1.29 is 9.18 Å². The van der Waals surface area contributed by atoms with Crippen LogP contribution >= 0.6 is 24.8 Å². The maximum absolute atomic E-state index is 13.1. The Kier molecular flexibility index (Phi) is 8.43. The van der Waals surface area contributed by atoms with Gasteiger partial charge in [0.25, 0.3) is 0 Å². The highest BCUT2D eigenvalue weighted by Gasteiger charge is 2.33. The third kappa shape index (κ3) is 4.82. The minimum Gasteiger partial charge on any atom is -0.351 e. The Morgan fingerprint density at radius 2 is 1.83 bits per heavy atom. The highest BCUT2D eigenvalue weighted by atomic mass is 35.5. The Balaban J connectivity index is 0.00000144. The topological polar surface area (TPSA) is 53.2 Å². The molecule has 0 aromatic heterocycles. The summed E-state index contributed by atoms with van der Waals surface area (Å²) in [4.78, 5) is 12.4.